The van der Waals surface area contributed by atoms with E-state index in [0.717, 1.165) is 128 Å². The second-order valence-electron chi connectivity index (χ2n) is 29.4. The van der Waals surface area contributed by atoms with Crippen molar-refractivity contribution in [1.82, 2.24) is 59.9 Å². The Hall–Kier alpha value is -15.7. The van der Waals surface area contributed by atoms with E-state index in [2.05, 4.69) is 258 Å². The van der Waals surface area contributed by atoms with Gasteiger partial charge in [0.1, 0.15) is 44.6 Å². The molecule has 24 rings (SSSR count). The monoisotopic (exact) mass is 1490 g/mol. The van der Waals surface area contributed by atoms with Crippen LogP contribution in [-0.4, -0.2) is 74.2 Å². The number of hydrogen-bond donors (Lipinski definition) is 0. The molecule has 24 aromatic rings. The second-order valence-corrected chi connectivity index (χ2v) is 29.4. The minimum atomic E-state index is 0.820. The van der Waals surface area contributed by atoms with Gasteiger partial charge in [0.2, 0.25) is 0 Å². The van der Waals surface area contributed by atoms with Crippen LogP contribution >= 0.6 is 0 Å². The van der Waals surface area contributed by atoms with Gasteiger partial charge in [0, 0.05) is 70.6 Å². The summed E-state index contributed by atoms with van der Waals surface area (Å²) in [4.78, 5) is 17.6. The number of benzene rings is 18. The Balaban J connectivity index is 0.000000108. The Labute approximate surface area is 664 Å². The van der Waals surface area contributed by atoms with Crippen LogP contribution in [-0.2, 0) is 0 Å². The van der Waals surface area contributed by atoms with Crippen molar-refractivity contribution in [3.63, 3.8) is 0 Å². The van der Waals surface area contributed by atoms with Gasteiger partial charge in [-0.2, -0.15) is 14.4 Å². The van der Waals surface area contributed by atoms with Crippen LogP contribution in [0.2, 0.25) is 0 Å². The van der Waals surface area contributed by atoms with E-state index in [-0.39, 0.29) is 0 Å². The molecule has 0 spiro atoms. The summed E-state index contributed by atoms with van der Waals surface area (Å²) >= 11 is 0. The maximum atomic E-state index is 5.38. The molecule has 0 aliphatic rings. The number of pyridine rings is 3. The van der Waals surface area contributed by atoms with Crippen molar-refractivity contribution >= 4 is 130 Å². The number of aromatic nitrogens is 12. The van der Waals surface area contributed by atoms with Crippen LogP contribution in [0.4, 0.5) is 0 Å². The van der Waals surface area contributed by atoms with Gasteiger partial charge < -0.3 is 9.47 Å². The maximum Gasteiger partial charge on any atom is 0.122 e. The lowest BCUT2D eigenvalue weighted by atomic mass is 9.87. The van der Waals surface area contributed by atoms with Crippen molar-refractivity contribution in [2.75, 3.05) is 14.2 Å². The summed E-state index contributed by atoms with van der Waals surface area (Å²) < 4.78 is 10.7. The average molecular weight is 1490 g/mol. The van der Waals surface area contributed by atoms with E-state index >= 15 is 0 Å². The fraction of sp³-hybridized carbons (Fsp3) is 0.0294. The summed E-state index contributed by atoms with van der Waals surface area (Å²) in [6.07, 6.45) is 10.6. The largest absolute Gasteiger partial charge is 0.497 e. The molecule has 0 N–H and O–H groups in total. The first-order valence-corrected chi connectivity index (χ1v) is 38.6. The fourth-order valence-electron chi connectivity index (χ4n) is 17.3. The minimum absolute atomic E-state index is 0.820. The molecule has 0 unspecified atom stereocenters. The summed E-state index contributed by atoms with van der Waals surface area (Å²) in [6, 6.07) is 109. The van der Waals surface area contributed by atoms with E-state index in [1.54, 1.807) is 65.8 Å². The topological polar surface area (TPSA) is 149 Å². The lowest BCUT2D eigenvalue weighted by Gasteiger charge is -2.16. The van der Waals surface area contributed by atoms with Crippen molar-refractivity contribution in [2.45, 2.75) is 6.92 Å². The van der Waals surface area contributed by atoms with Gasteiger partial charge in [-0.1, -0.05) is 254 Å². The molecule has 0 radical (unpaired) electrons. The third-order valence-corrected chi connectivity index (χ3v) is 22.9. The molecule has 0 saturated heterocycles. The molecule has 116 heavy (non-hydrogen) atoms. The number of hydrogen-bond acceptors (Lipinski definition) is 11. The van der Waals surface area contributed by atoms with E-state index in [4.69, 9.17) is 40.1 Å². The summed E-state index contributed by atoms with van der Waals surface area (Å²) in [5.74, 6) is 1.65. The molecule has 0 fully saturated rings. The first-order valence-electron chi connectivity index (χ1n) is 38.6. The number of aryl methyl sites for hydroxylation is 1. The minimum Gasteiger partial charge on any atom is -0.497 e. The van der Waals surface area contributed by atoms with Crippen LogP contribution in [0.25, 0.3) is 214 Å². The van der Waals surface area contributed by atoms with Crippen LogP contribution in [0, 0.1) is 6.92 Å². The highest BCUT2D eigenvalue weighted by Gasteiger charge is 2.25. The Kier molecular flexibility index (Phi) is 15.9. The summed E-state index contributed by atoms with van der Waals surface area (Å²) in [5.41, 5.74) is 22.0. The Bertz CT molecular complexity index is 7670. The lowest BCUT2D eigenvalue weighted by Crippen LogP contribution is -1.98. The van der Waals surface area contributed by atoms with Crippen molar-refractivity contribution in [3.05, 3.63) is 352 Å². The van der Waals surface area contributed by atoms with Gasteiger partial charge in [-0.05, 0) is 198 Å². The summed E-state index contributed by atoms with van der Waals surface area (Å²) in [6.45, 7) is 2.09. The number of methoxy groups -OCH3 is 2. The predicted octanol–water partition coefficient (Wildman–Crippen LogP) is 24.5. The molecule has 14 heteroatoms. The molecular weight excluding hydrogens is 1430 g/mol. The SMILES string of the molecule is COc1ccc(-c2ccc(-c3ccc(C)cc3)c3nn(-c4ccncc4)nc23)cc1.COc1ccc(-c2ccc(-c3ccc4ccc5cccc6ccc3c4c56)c3nn(-c4ccncc4)nc23)cc1.c1cc2ccc3ccc(-c4ccc(-c5ccc6ccc7cccc8ccc5c6c78)c5nn(-c6ccncc6)nc45)c4ccc(c1)c2c34. The van der Waals surface area contributed by atoms with E-state index in [9.17, 15) is 0 Å². The van der Waals surface area contributed by atoms with Crippen molar-refractivity contribution in [2.24, 2.45) is 0 Å². The lowest BCUT2D eigenvalue weighted by molar-refractivity contribution is 0.415. The molecule has 6 heterocycles. The Morgan fingerprint density at radius 1 is 0.207 bits per heavy atom. The molecule has 0 saturated carbocycles. The summed E-state index contributed by atoms with van der Waals surface area (Å²) in [7, 11) is 3.35. The molecule has 18 aromatic carbocycles. The molecule has 6 aromatic heterocycles. The predicted molar refractivity (Wildman–Crippen MR) is 472 cm³/mol. The number of nitrogens with zero attached hydrogens (tertiary/aromatic N) is 12. The van der Waals surface area contributed by atoms with E-state index < -0.39 is 0 Å². The number of rotatable bonds is 11. The molecule has 0 atom stereocenters. The van der Waals surface area contributed by atoms with Gasteiger partial charge in [-0.15, -0.1) is 30.6 Å². The van der Waals surface area contributed by atoms with Gasteiger partial charge in [0.25, 0.3) is 0 Å². The van der Waals surface area contributed by atoms with Crippen LogP contribution in [0.1, 0.15) is 5.56 Å². The molecule has 0 aliphatic heterocycles. The first-order chi connectivity index (χ1) is 57.3. The molecule has 0 amide bonds. The molecule has 0 bridgehead atoms. The Morgan fingerprint density at radius 2 is 0.431 bits per heavy atom. The fourth-order valence-corrected chi connectivity index (χ4v) is 17.3. The zero-order valence-corrected chi connectivity index (χ0v) is 63.1. The maximum absolute atomic E-state index is 5.38. The van der Waals surface area contributed by atoms with Gasteiger partial charge in [-0.25, -0.2) is 0 Å². The summed E-state index contributed by atoms with van der Waals surface area (Å²) in [5, 5.41) is 52.9. The zero-order valence-electron chi connectivity index (χ0n) is 63.1. The molecular formula is C102H66N12O2. The molecule has 0 aliphatic carbocycles. The van der Waals surface area contributed by atoms with Crippen LogP contribution < -0.4 is 9.47 Å². The van der Waals surface area contributed by atoms with Crippen molar-refractivity contribution < 1.29 is 9.47 Å². The third-order valence-electron chi connectivity index (χ3n) is 22.9. The normalized spacial score (nSPS) is 11.8. The van der Waals surface area contributed by atoms with Gasteiger partial charge in [0.15, 0.2) is 0 Å². The van der Waals surface area contributed by atoms with Crippen molar-refractivity contribution in [1.29, 1.82) is 0 Å². The highest BCUT2D eigenvalue weighted by molar-refractivity contribution is 6.29. The van der Waals surface area contributed by atoms with E-state index in [0.29, 0.717) is 0 Å². The smallest absolute Gasteiger partial charge is 0.122 e. The van der Waals surface area contributed by atoms with E-state index in [1.165, 1.54) is 103 Å². The first kappa shape index (κ1) is 67.2. The highest BCUT2D eigenvalue weighted by Crippen LogP contribution is 2.47. The van der Waals surface area contributed by atoms with E-state index in [1.807, 2.05) is 72.8 Å². The van der Waals surface area contributed by atoms with Crippen LogP contribution in [0.5, 0.6) is 11.5 Å². The zero-order chi connectivity index (χ0) is 77.1. The average Bonchev–Trinajstić information content (AvgIpc) is 1.62. The number of ether oxygens (including phenoxy) is 2. The Morgan fingerprint density at radius 3 is 0.707 bits per heavy atom. The van der Waals surface area contributed by atoms with Crippen LogP contribution in [0.15, 0.2) is 347 Å². The quantitative estimate of drug-likeness (QED) is 0.114. The van der Waals surface area contributed by atoms with Gasteiger partial charge in [0.05, 0.1) is 31.3 Å². The van der Waals surface area contributed by atoms with Crippen molar-refractivity contribution in [3.8, 4) is 95.3 Å². The molecule has 14 nitrogen and oxygen atoms in total. The number of fused-ring (bicyclic) bond motifs is 3. The van der Waals surface area contributed by atoms with Crippen LogP contribution in [0.3, 0.4) is 0 Å². The van der Waals surface area contributed by atoms with Gasteiger partial charge in [-0.3, -0.25) is 15.0 Å². The van der Waals surface area contributed by atoms with Gasteiger partial charge >= 0.3 is 0 Å². The second kappa shape index (κ2) is 27.4. The highest BCUT2D eigenvalue weighted by atomic mass is 16.5. The third kappa shape index (κ3) is 11.2. The standard InChI is InChI=1S/C43H24N4.C34H22N4O.C25H20N4O/c1-3-25-7-9-29-11-15-32(34-17-13-27(5-1)38(25)40(29)34)36-19-20-37(43-42(36)45-47(46-43)31-21-23-44-24-22-31)33-16-12-30-10-8-26-4-2-6-28-14-18-35(33)41(30)39(26)28;1-39-26-11-7-21(8-12-26)27-15-16-30(34-33(27)36-38(37-34)25-17-19-35-20-18-25)28-13-9-24-6-5-22-3-2-4-23-10-14-29(28)32(24)31(22)23;1-17-3-5-18(6-4-17)22-11-12-23(19-7-9-21(30-2)10-8-19)25-24(22)27-29(28-25)20-13-15-26-16-14-20/h1-24H;2-20H,1H3;3-16H,1-2H3. The molecule has 546 valence electrons.